The van der Waals surface area contributed by atoms with Crippen molar-refractivity contribution in [3.8, 4) is 5.75 Å². The quantitative estimate of drug-likeness (QED) is 0.244. The number of carbonyl (C=O) groups excluding carboxylic acids is 2. The van der Waals surface area contributed by atoms with E-state index in [1.807, 2.05) is 58.9 Å². The summed E-state index contributed by atoms with van der Waals surface area (Å²) < 4.78 is 35.0. The summed E-state index contributed by atoms with van der Waals surface area (Å²) in [5.41, 5.74) is 3.20. The molecule has 0 aromatic heterocycles. The van der Waals surface area contributed by atoms with E-state index in [2.05, 4.69) is 21.2 Å². The van der Waals surface area contributed by atoms with Crippen LogP contribution in [-0.2, 0) is 26.2 Å². The second-order valence-electron chi connectivity index (χ2n) is 10.4. The summed E-state index contributed by atoms with van der Waals surface area (Å²) in [5.74, 6) is -0.274. The molecule has 10 heteroatoms. The molecule has 3 rings (SSSR count). The molecule has 0 aliphatic heterocycles. The Labute approximate surface area is 258 Å². The van der Waals surface area contributed by atoms with Crippen LogP contribution < -0.4 is 14.4 Å². The van der Waals surface area contributed by atoms with Crippen molar-refractivity contribution in [2.75, 3.05) is 18.0 Å². The van der Waals surface area contributed by atoms with Gasteiger partial charge in [-0.1, -0.05) is 61.4 Å². The number of sulfonamides is 1. The largest absolute Gasteiger partial charge is 0.496 e. The summed E-state index contributed by atoms with van der Waals surface area (Å²) in [5, 5.41) is 2.99. The molecule has 0 aliphatic carbocycles. The molecule has 8 nitrogen and oxygen atoms in total. The van der Waals surface area contributed by atoms with Crippen LogP contribution in [0.15, 0.2) is 76.1 Å². The van der Waals surface area contributed by atoms with Gasteiger partial charge in [-0.15, -0.1) is 0 Å². The number of nitrogens with one attached hydrogen (secondary N) is 1. The summed E-state index contributed by atoms with van der Waals surface area (Å²) in [6, 6.07) is 18.3. The molecule has 2 amide bonds. The molecule has 0 radical (unpaired) electrons. The standard InChI is InChI=1S/C32H40BrN3O5S/c1-7-24(5)34-32(38)29(8-2)35(20-25-13-9-22(3)10-14-25)31(37)21-36(26-15-11-23(4)12-16-26)42(39,40)27-17-18-30(41-6)28(33)19-27/h9-19,24,29H,7-8,20-21H2,1-6H3,(H,34,38)/t24-,29+/m0/s1. The maximum atomic E-state index is 14.2. The van der Waals surface area contributed by atoms with Gasteiger partial charge in [0.2, 0.25) is 11.8 Å². The Hall–Kier alpha value is -3.37. The molecule has 3 aromatic carbocycles. The van der Waals surface area contributed by atoms with Crippen LogP contribution in [0.25, 0.3) is 0 Å². The lowest BCUT2D eigenvalue weighted by molar-refractivity contribution is -0.140. The molecule has 1 N–H and O–H groups in total. The van der Waals surface area contributed by atoms with Crippen LogP contribution in [0.1, 0.15) is 50.3 Å². The molecule has 0 bridgehead atoms. The number of amides is 2. The smallest absolute Gasteiger partial charge is 0.264 e. The first-order valence-electron chi connectivity index (χ1n) is 14.0. The normalized spacial score (nSPS) is 12.7. The van der Waals surface area contributed by atoms with Crippen molar-refractivity contribution in [2.24, 2.45) is 0 Å². The Morgan fingerprint density at radius 3 is 2.05 bits per heavy atom. The first-order chi connectivity index (χ1) is 19.9. The second kappa shape index (κ2) is 14.7. The fourth-order valence-corrected chi connectivity index (χ4v) is 6.56. The molecule has 0 fully saturated rings. The Morgan fingerprint density at radius 2 is 1.52 bits per heavy atom. The topological polar surface area (TPSA) is 96.0 Å². The van der Waals surface area contributed by atoms with E-state index in [1.54, 1.807) is 30.3 Å². The molecule has 0 aliphatic rings. The Balaban J connectivity index is 2.07. The van der Waals surface area contributed by atoms with Crippen molar-refractivity contribution >= 4 is 43.5 Å². The van der Waals surface area contributed by atoms with E-state index in [4.69, 9.17) is 4.74 Å². The minimum Gasteiger partial charge on any atom is -0.496 e. The summed E-state index contributed by atoms with van der Waals surface area (Å²) >= 11 is 3.37. The number of aryl methyl sites for hydroxylation is 2. The molecule has 3 aromatic rings. The minimum absolute atomic E-state index is 0.00445. The third-order valence-corrected chi connectivity index (χ3v) is 9.56. The van der Waals surface area contributed by atoms with E-state index >= 15 is 0 Å². The monoisotopic (exact) mass is 657 g/mol. The van der Waals surface area contributed by atoms with E-state index in [1.165, 1.54) is 24.1 Å². The lowest BCUT2D eigenvalue weighted by Crippen LogP contribution is -2.53. The van der Waals surface area contributed by atoms with Gasteiger partial charge in [-0.05, 0) is 85.4 Å². The zero-order chi connectivity index (χ0) is 31.0. The Bertz CT molecular complexity index is 1480. The molecule has 226 valence electrons. The first-order valence-corrected chi connectivity index (χ1v) is 16.2. The van der Waals surface area contributed by atoms with Gasteiger partial charge in [-0.3, -0.25) is 13.9 Å². The van der Waals surface area contributed by atoms with Crippen LogP contribution in [0.4, 0.5) is 5.69 Å². The molecular formula is C32H40BrN3O5S. The van der Waals surface area contributed by atoms with Crippen LogP contribution in [-0.4, -0.2) is 50.9 Å². The van der Waals surface area contributed by atoms with Gasteiger partial charge in [0.25, 0.3) is 10.0 Å². The van der Waals surface area contributed by atoms with Crippen molar-refractivity contribution in [3.63, 3.8) is 0 Å². The molecule has 0 saturated carbocycles. The van der Waals surface area contributed by atoms with Gasteiger partial charge in [-0.2, -0.15) is 0 Å². The van der Waals surface area contributed by atoms with Gasteiger partial charge >= 0.3 is 0 Å². The number of carbonyl (C=O) groups is 2. The SMILES string of the molecule is CC[C@H](C(=O)N[C@@H](C)CC)N(Cc1ccc(C)cc1)C(=O)CN(c1ccc(C)cc1)S(=O)(=O)c1ccc(OC)c(Br)c1. The average Bonchev–Trinajstić information content (AvgIpc) is 2.97. The number of rotatable bonds is 13. The molecule has 0 heterocycles. The van der Waals surface area contributed by atoms with Crippen molar-refractivity contribution in [1.82, 2.24) is 10.2 Å². The number of methoxy groups -OCH3 is 1. The van der Waals surface area contributed by atoms with Crippen LogP contribution in [0.5, 0.6) is 5.75 Å². The Morgan fingerprint density at radius 1 is 0.929 bits per heavy atom. The van der Waals surface area contributed by atoms with Crippen molar-refractivity contribution in [1.29, 1.82) is 0 Å². The molecule has 0 unspecified atom stereocenters. The maximum absolute atomic E-state index is 14.2. The highest BCUT2D eigenvalue weighted by Gasteiger charge is 2.34. The van der Waals surface area contributed by atoms with Crippen LogP contribution in [0.2, 0.25) is 0 Å². The predicted molar refractivity (Wildman–Crippen MR) is 170 cm³/mol. The predicted octanol–water partition coefficient (Wildman–Crippen LogP) is 5.99. The highest BCUT2D eigenvalue weighted by Crippen LogP contribution is 2.31. The first kappa shape index (κ1) is 33.1. The molecule has 0 spiro atoms. The van der Waals surface area contributed by atoms with Crippen LogP contribution in [0.3, 0.4) is 0 Å². The summed E-state index contributed by atoms with van der Waals surface area (Å²) in [4.78, 5) is 29.1. The van der Waals surface area contributed by atoms with E-state index in [-0.39, 0.29) is 23.4 Å². The number of anilines is 1. The van der Waals surface area contributed by atoms with Crippen LogP contribution in [0, 0.1) is 13.8 Å². The summed E-state index contributed by atoms with van der Waals surface area (Å²) in [6.07, 6.45) is 1.10. The number of ether oxygens (including phenoxy) is 1. The molecular weight excluding hydrogens is 618 g/mol. The van der Waals surface area contributed by atoms with Gasteiger partial charge in [0.15, 0.2) is 0 Å². The number of benzene rings is 3. The van der Waals surface area contributed by atoms with Crippen molar-refractivity contribution in [3.05, 3.63) is 87.9 Å². The molecule has 42 heavy (non-hydrogen) atoms. The summed E-state index contributed by atoms with van der Waals surface area (Å²) in [7, 11) is -2.70. The Kier molecular flexibility index (Phi) is 11.6. The highest BCUT2D eigenvalue weighted by atomic mass is 79.9. The molecule has 2 atom stereocenters. The van der Waals surface area contributed by atoms with Gasteiger partial charge < -0.3 is 15.0 Å². The van der Waals surface area contributed by atoms with Crippen molar-refractivity contribution in [2.45, 2.75) is 71.0 Å². The summed E-state index contributed by atoms with van der Waals surface area (Å²) in [6.45, 7) is 9.27. The van der Waals surface area contributed by atoms with Gasteiger partial charge in [0.05, 0.1) is 22.2 Å². The average molecular weight is 659 g/mol. The van der Waals surface area contributed by atoms with Crippen LogP contribution >= 0.6 is 15.9 Å². The van der Waals surface area contributed by atoms with Crippen molar-refractivity contribution < 1.29 is 22.7 Å². The van der Waals surface area contributed by atoms with Gasteiger partial charge in [0, 0.05) is 12.6 Å². The lowest BCUT2D eigenvalue weighted by Gasteiger charge is -2.33. The van der Waals surface area contributed by atoms with E-state index in [0.29, 0.717) is 22.3 Å². The van der Waals surface area contributed by atoms with Gasteiger partial charge in [-0.25, -0.2) is 8.42 Å². The van der Waals surface area contributed by atoms with Gasteiger partial charge in [0.1, 0.15) is 18.3 Å². The van der Waals surface area contributed by atoms with E-state index < -0.39 is 28.5 Å². The zero-order valence-electron chi connectivity index (χ0n) is 25.1. The lowest BCUT2D eigenvalue weighted by atomic mass is 10.1. The number of nitrogens with zero attached hydrogens (tertiary/aromatic N) is 2. The second-order valence-corrected chi connectivity index (χ2v) is 13.1. The third-order valence-electron chi connectivity index (χ3n) is 7.17. The number of hydrogen-bond donors (Lipinski definition) is 1. The number of halogens is 1. The number of hydrogen-bond acceptors (Lipinski definition) is 5. The third kappa shape index (κ3) is 8.13. The molecule has 0 saturated heterocycles. The van der Waals surface area contributed by atoms with E-state index in [9.17, 15) is 18.0 Å². The minimum atomic E-state index is -4.20. The zero-order valence-corrected chi connectivity index (χ0v) is 27.5. The fraction of sp³-hybridized carbons (Fsp3) is 0.375. The maximum Gasteiger partial charge on any atom is 0.264 e. The fourth-order valence-electron chi connectivity index (χ4n) is 4.43. The highest BCUT2D eigenvalue weighted by molar-refractivity contribution is 9.10. The van der Waals surface area contributed by atoms with E-state index in [0.717, 1.165) is 27.4 Å².